The highest BCUT2D eigenvalue weighted by atomic mass is 19.2. The molecule has 5 rings (SSSR count). The van der Waals surface area contributed by atoms with E-state index < -0.39 is 41.7 Å². The molecule has 14 heteroatoms. The molecule has 2 fully saturated rings. The normalized spacial score (nSPS) is 21.7. The number of imide groups is 1. The van der Waals surface area contributed by atoms with Gasteiger partial charge in [-0.3, -0.25) is 9.69 Å². The van der Waals surface area contributed by atoms with Crippen molar-refractivity contribution in [2.75, 3.05) is 47.1 Å². The number of carbonyl (C=O) groups is 4. The van der Waals surface area contributed by atoms with Crippen LogP contribution >= 0.6 is 0 Å². The molecule has 2 aromatic carbocycles. The first-order valence-electron chi connectivity index (χ1n) is 15.9. The number of carboxylic acids is 1. The maximum absolute atomic E-state index is 14.3. The van der Waals surface area contributed by atoms with E-state index in [-0.39, 0.29) is 48.9 Å². The topological polar surface area (TPSA) is 147 Å². The molecule has 1 saturated carbocycles. The van der Waals surface area contributed by atoms with Gasteiger partial charge in [-0.1, -0.05) is 24.3 Å². The van der Waals surface area contributed by atoms with Gasteiger partial charge in [-0.2, -0.15) is 0 Å². The molecule has 1 aliphatic carbocycles. The number of urea groups is 2. The first kappa shape index (κ1) is 34.8. The first-order valence-corrected chi connectivity index (χ1v) is 15.9. The maximum Gasteiger partial charge on any atom is 0.338 e. The van der Waals surface area contributed by atoms with Gasteiger partial charge in [0.05, 0.1) is 38.0 Å². The average Bonchev–Trinajstić information content (AvgIpc) is 3.05. The second-order valence-corrected chi connectivity index (χ2v) is 12.2. The van der Waals surface area contributed by atoms with Crippen molar-refractivity contribution in [3.8, 4) is 5.75 Å². The van der Waals surface area contributed by atoms with Gasteiger partial charge >= 0.3 is 24.0 Å². The van der Waals surface area contributed by atoms with Crippen molar-refractivity contribution in [2.45, 2.75) is 50.1 Å². The number of aliphatic carboxylic acids is 1. The van der Waals surface area contributed by atoms with E-state index in [1.54, 1.807) is 0 Å². The Morgan fingerprint density at radius 1 is 1.02 bits per heavy atom. The molecule has 0 unspecified atom stereocenters. The predicted octanol–water partition coefficient (Wildman–Crippen LogP) is 4.33. The number of methoxy groups -OCH3 is 2. The van der Waals surface area contributed by atoms with Crippen LogP contribution in [0.2, 0.25) is 0 Å². The molecule has 12 nitrogen and oxygen atoms in total. The van der Waals surface area contributed by atoms with Gasteiger partial charge < -0.3 is 30.0 Å². The minimum absolute atomic E-state index is 0.00720. The monoisotopic (exact) mass is 670 g/mol. The predicted molar refractivity (Wildman–Crippen MR) is 168 cm³/mol. The zero-order chi connectivity index (χ0) is 34.4. The Morgan fingerprint density at radius 2 is 1.75 bits per heavy atom. The summed E-state index contributed by atoms with van der Waals surface area (Å²) in [5.41, 5.74) is 1.02. The van der Waals surface area contributed by atoms with Crippen LogP contribution < -0.4 is 15.4 Å². The third-order valence-corrected chi connectivity index (χ3v) is 9.18. The lowest BCUT2D eigenvalue weighted by Gasteiger charge is -2.47. The quantitative estimate of drug-likeness (QED) is 0.281. The number of esters is 1. The molecule has 0 aromatic heterocycles. The molecule has 0 radical (unpaired) electrons. The van der Waals surface area contributed by atoms with Gasteiger partial charge in [-0.25, -0.2) is 28.1 Å². The van der Waals surface area contributed by atoms with Crippen LogP contribution in [-0.4, -0.2) is 92.0 Å². The summed E-state index contributed by atoms with van der Waals surface area (Å²) >= 11 is 0. The number of carbonyl (C=O) groups excluding carboxylic acids is 3. The Labute approximate surface area is 277 Å². The van der Waals surface area contributed by atoms with Crippen LogP contribution in [0.25, 0.3) is 0 Å². The van der Waals surface area contributed by atoms with Crippen LogP contribution in [0.1, 0.15) is 55.2 Å². The average molecular weight is 671 g/mol. The number of halogens is 2. The van der Waals surface area contributed by atoms with Gasteiger partial charge in [0.15, 0.2) is 11.6 Å². The summed E-state index contributed by atoms with van der Waals surface area (Å²) < 4.78 is 44.0. The molecular formula is C34H40F2N4O8. The zero-order valence-electron chi connectivity index (χ0n) is 26.9. The summed E-state index contributed by atoms with van der Waals surface area (Å²) in [7, 11) is 2.49. The second kappa shape index (κ2) is 15.6. The molecule has 1 saturated heterocycles. The van der Waals surface area contributed by atoms with Crippen molar-refractivity contribution < 1.29 is 47.3 Å². The summed E-state index contributed by atoms with van der Waals surface area (Å²) in [6.45, 7) is 1.71. The molecule has 2 heterocycles. The number of likely N-dealkylation sites (tertiary alicyclic amines) is 1. The van der Waals surface area contributed by atoms with E-state index in [4.69, 9.17) is 19.3 Å². The number of hydrogen-bond acceptors (Lipinski definition) is 8. The fourth-order valence-corrected chi connectivity index (χ4v) is 6.78. The standard InChI is InChI=1S/C34H40F2N4O8/c1-46-19-27-30(32(43)47-2)31(22-9-12-25(35)26(36)15-22)40(34(45)38-27)33(44)37-16-20-17-39(18-20)23-10-7-21(8-11-23)24-5-3-4-6-28(24)48-14-13-29(41)42/h3-6,9,12,15,20-21,23,31H,7-8,10-11,13-14,16-19H2,1-2H3,(H,37,44)(H,38,45)(H,41,42)/t21?,23?,31-/m0/s1. The zero-order valence-corrected chi connectivity index (χ0v) is 26.9. The maximum atomic E-state index is 14.3. The number of rotatable bonds is 12. The van der Waals surface area contributed by atoms with Crippen LogP contribution in [0.4, 0.5) is 18.4 Å². The van der Waals surface area contributed by atoms with E-state index in [0.717, 1.165) is 74.2 Å². The number of hydrogen-bond donors (Lipinski definition) is 3. The van der Waals surface area contributed by atoms with Crippen LogP contribution in [0.3, 0.4) is 0 Å². The minimum Gasteiger partial charge on any atom is -0.493 e. The van der Waals surface area contributed by atoms with Crippen molar-refractivity contribution in [3.05, 3.63) is 76.5 Å². The molecule has 3 aliphatic rings. The van der Waals surface area contributed by atoms with Crippen LogP contribution in [0.5, 0.6) is 5.75 Å². The highest BCUT2D eigenvalue weighted by Crippen LogP contribution is 2.40. The number of nitrogens with zero attached hydrogens (tertiary/aromatic N) is 2. The molecule has 4 amide bonds. The minimum atomic E-state index is -1.40. The Morgan fingerprint density at radius 3 is 2.42 bits per heavy atom. The third-order valence-electron chi connectivity index (χ3n) is 9.18. The summed E-state index contributed by atoms with van der Waals surface area (Å²) in [4.78, 5) is 53.7. The second-order valence-electron chi connectivity index (χ2n) is 12.2. The fraction of sp³-hybridized carbons (Fsp3) is 0.471. The first-order chi connectivity index (χ1) is 23.1. The van der Waals surface area contributed by atoms with Gasteiger partial charge in [0.25, 0.3) is 0 Å². The lowest BCUT2D eigenvalue weighted by molar-refractivity contribution is -0.138. The highest BCUT2D eigenvalue weighted by Gasteiger charge is 2.44. The molecule has 48 heavy (non-hydrogen) atoms. The third kappa shape index (κ3) is 7.76. The Bertz CT molecular complexity index is 1560. The molecule has 0 bridgehead atoms. The van der Waals surface area contributed by atoms with Gasteiger partial charge in [-0.15, -0.1) is 0 Å². The summed E-state index contributed by atoms with van der Waals surface area (Å²) in [5, 5.41) is 14.2. The SMILES string of the molecule is COCC1=C(C(=O)OC)[C@H](c2ccc(F)c(F)c2)N(C(=O)NCC2CN(C3CCC(c4ccccc4OCCC(=O)O)CC3)C2)C(=O)N1. The van der Waals surface area contributed by atoms with Gasteiger partial charge in [0.2, 0.25) is 0 Å². The number of carboxylic acid groups (broad SMARTS) is 1. The van der Waals surface area contributed by atoms with Crippen molar-refractivity contribution in [3.63, 3.8) is 0 Å². The molecule has 2 aromatic rings. The molecule has 2 aliphatic heterocycles. The summed E-state index contributed by atoms with van der Waals surface area (Å²) in [6.07, 6.45) is 3.86. The number of para-hydroxylation sites is 1. The molecule has 0 spiro atoms. The Hall–Kier alpha value is -4.56. The van der Waals surface area contributed by atoms with Gasteiger partial charge in [0.1, 0.15) is 11.8 Å². The largest absolute Gasteiger partial charge is 0.493 e. The number of benzene rings is 2. The number of amides is 4. The Balaban J connectivity index is 1.18. The lowest BCUT2D eigenvalue weighted by atomic mass is 9.79. The number of ether oxygens (including phenoxy) is 3. The van der Waals surface area contributed by atoms with Crippen molar-refractivity contribution >= 4 is 24.0 Å². The molecule has 1 atom stereocenters. The smallest absolute Gasteiger partial charge is 0.338 e. The Kier molecular flexibility index (Phi) is 11.3. The lowest BCUT2D eigenvalue weighted by Crippen LogP contribution is -2.59. The van der Waals surface area contributed by atoms with E-state index in [0.29, 0.717) is 12.0 Å². The molecule has 258 valence electrons. The van der Waals surface area contributed by atoms with E-state index in [2.05, 4.69) is 15.5 Å². The van der Waals surface area contributed by atoms with E-state index >= 15 is 0 Å². The van der Waals surface area contributed by atoms with Crippen LogP contribution in [0, 0.1) is 17.6 Å². The van der Waals surface area contributed by atoms with E-state index in [1.165, 1.54) is 13.2 Å². The van der Waals surface area contributed by atoms with E-state index in [1.807, 2.05) is 24.3 Å². The van der Waals surface area contributed by atoms with Gasteiger partial charge in [0, 0.05) is 38.7 Å². The number of nitrogens with one attached hydrogen (secondary N) is 2. The van der Waals surface area contributed by atoms with Crippen molar-refractivity contribution in [1.82, 2.24) is 20.4 Å². The molecular weight excluding hydrogens is 630 g/mol. The van der Waals surface area contributed by atoms with Crippen LogP contribution in [-0.2, 0) is 19.1 Å². The van der Waals surface area contributed by atoms with E-state index in [9.17, 15) is 28.0 Å². The van der Waals surface area contributed by atoms with Crippen molar-refractivity contribution in [1.29, 1.82) is 0 Å². The van der Waals surface area contributed by atoms with Crippen molar-refractivity contribution in [2.24, 2.45) is 5.92 Å². The van der Waals surface area contributed by atoms with Gasteiger partial charge in [-0.05, 0) is 60.9 Å². The fourth-order valence-electron chi connectivity index (χ4n) is 6.78. The van der Waals surface area contributed by atoms with Crippen LogP contribution in [0.15, 0.2) is 53.7 Å². The highest BCUT2D eigenvalue weighted by molar-refractivity contribution is 6.01. The summed E-state index contributed by atoms with van der Waals surface area (Å²) in [6, 6.07) is 8.04. The molecule has 3 N–H and O–H groups in total. The summed E-state index contributed by atoms with van der Waals surface area (Å²) in [5.74, 6) is -2.90.